The smallest absolute Gasteiger partial charge is 0.0326 e. The fraction of sp³-hybridized carbons (Fsp3) is 1.00. The Bertz CT molecular complexity index is 113. The molecule has 0 amide bonds. The Morgan fingerprint density at radius 3 is 2.10 bits per heavy atom. The van der Waals surface area contributed by atoms with Crippen molar-refractivity contribution < 1.29 is 0 Å². The minimum Gasteiger partial charge on any atom is -0.0625 e. The van der Waals surface area contributed by atoms with Crippen LogP contribution in [0.25, 0.3) is 0 Å². The highest BCUT2D eigenvalue weighted by Gasteiger charge is 2.31. The molecule has 0 heteroatoms. The van der Waals surface area contributed by atoms with Gasteiger partial charge in [-0.25, -0.2) is 0 Å². The van der Waals surface area contributed by atoms with Crippen LogP contribution in [0.5, 0.6) is 0 Å². The van der Waals surface area contributed by atoms with Crippen molar-refractivity contribution >= 4 is 0 Å². The lowest BCUT2D eigenvalue weighted by atomic mass is 9.66. The first kappa shape index (κ1) is 8.10. The van der Waals surface area contributed by atoms with Crippen LogP contribution in [-0.2, 0) is 0 Å². The van der Waals surface area contributed by atoms with Gasteiger partial charge >= 0.3 is 0 Å². The lowest BCUT2D eigenvalue weighted by molar-refractivity contribution is 0.115. The summed E-state index contributed by atoms with van der Waals surface area (Å²) in [6.45, 7) is 9.60. The van der Waals surface area contributed by atoms with Gasteiger partial charge in [0.25, 0.3) is 0 Å². The minimum atomic E-state index is 0.609. The van der Waals surface area contributed by atoms with Crippen molar-refractivity contribution in [3.05, 3.63) is 0 Å². The second-order valence-electron chi connectivity index (χ2n) is 4.78. The molecule has 0 bridgehead atoms. The second kappa shape index (κ2) is 2.56. The zero-order valence-corrected chi connectivity index (χ0v) is 7.78. The van der Waals surface area contributed by atoms with E-state index in [1.807, 2.05) is 0 Å². The first-order valence-electron chi connectivity index (χ1n) is 4.52. The normalized spacial score (nSPS) is 39.6. The van der Waals surface area contributed by atoms with Gasteiger partial charge in [-0.15, -0.1) is 0 Å². The van der Waals surface area contributed by atoms with Crippen LogP contribution in [-0.4, -0.2) is 0 Å². The molecular formula is C10H20. The van der Waals surface area contributed by atoms with Gasteiger partial charge in [-0.1, -0.05) is 34.1 Å². The molecule has 0 aromatic rings. The molecule has 1 aliphatic rings. The highest BCUT2D eigenvalue weighted by Crippen LogP contribution is 2.42. The van der Waals surface area contributed by atoms with Gasteiger partial charge in [0.05, 0.1) is 0 Å². The van der Waals surface area contributed by atoms with E-state index in [4.69, 9.17) is 0 Å². The van der Waals surface area contributed by atoms with E-state index in [2.05, 4.69) is 27.7 Å². The van der Waals surface area contributed by atoms with E-state index < -0.39 is 0 Å². The predicted molar refractivity (Wildman–Crippen MR) is 46.0 cm³/mol. The van der Waals surface area contributed by atoms with Crippen LogP contribution in [0.2, 0.25) is 0 Å². The van der Waals surface area contributed by atoms with E-state index in [-0.39, 0.29) is 0 Å². The molecule has 1 saturated carbocycles. The second-order valence-corrected chi connectivity index (χ2v) is 4.78. The SMILES string of the molecule is CC1CC[C@@H](C)C(C)(C)C1. The zero-order chi connectivity index (χ0) is 7.78. The van der Waals surface area contributed by atoms with Gasteiger partial charge in [0.15, 0.2) is 0 Å². The fourth-order valence-electron chi connectivity index (χ4n) is 2.13. The Hall–Kier alpha value is 0. The fourth-order valence-corrected chi connectivity index (χ4v) is 2.13. The lowest BCUT2D eigenvalue weighted by Crippen LogP contribution is -2.29. The molecule has 1 aliphatic carbocycles. The third-order valence-electron chi connectivity index (χ3n) is 3.30. The average Bonchev–Trinajstić information content (AvgIpc) is 1.78. The molecule has 2 atom stereocenters. The van der Waals surface area contributed by atoms with Crippen molar-refractivity contribution in [3.63, 3.8) is 0 Å². The van der Waals surface area contributed by atoms with Crippen molar-refractivity contribution in [2.75, 3.05) is 0 Å². The van der Waals surface area contributed by atoms with Crippen molar-refractivity contribution in [2.45, 2.75) is 47.0 Å². The number of rotatable bonds is 0. The van der Waals surface area contributed by atoms with Crippen LogP contribution < -0.4 is 0 Å². The quantitative estimate of drug-likeness (QED) is 0.483. The summed E-state index contributed by atoms with van der Waals surface area (Å²) >= 11 is 0. The predicted octanol–water partition coefficient (Wildman–Crippen LogP) is 3.47. The maximum absolute atomic E-state index is 2.41. The van der Waals surface area contributed by atoms with E-state index in [1.165, 1.54) is 19.3 Å². The van der Waals surface area contributed by atoms with Crippen LogP contribution >= 0.6 is 0 Å². The lowest BCUT2D eigenvalue weighted by Gasteiger charge is -2.39. The molecule has 60 valence electrons. The molecule has 0 aliphatic heterocycles. The maximum Gasteiger partial charge on any atom is -0.0326 e. The first-order valence-corrected chi connectivity index (χ1v) is 4.52. The van der Waals surface area contributed by atoms with E-state index >= 15 is 0 Å². The van der Waals surface area contributed by atoms with Crippen molar-refractivity contribution in [1.29, 1.82) is 0 Å². The average molecular weight is 140 g/mol. The van der Waals surface area contributed by atoms with Crippen LogP contribution in [0.3, 0.4) is 0 Å². The maximum atomic E-state index is 2.41. The van der Waals surface area contributed by atoms with Gasteiger partial charge in [0.1, 0.15) is 0 Å². The highest BCUT2D eigenvalue weighted by atomic mass is 14.4. The Kier molecular flexibility index (Phi) is 2.07. The summed E-state index contributed by atoms with van der Waals surface area (Å²) in [6, 6.07) is 0. The number of hydrogen-bond donors (Lipinski definition) is 0. The van der Waals surface area contributed by atoms with Gasteiger partial charge in [0.2, 0.25) is 0 Å². The molecule has 1 rings (SSSR count). The molecule has 0 saturated heterocycles. The summed E-state index contributed by atoms with van der Waals surface area (Å²) in [7, 11) is 0. The standard InChI is InChI=1S/C10H20/c1-8-5-6-9(2)10(3,4)7-8/h8-9H,5-7H2,1-4H3/t8?,9-/m1/s1. The van der Waals surface area contributed by atoms with Crippen molar-refractivity contribution in [3.8, 4) is 0 Å². The summed E-state index contributed by atoms with van der Waals surface area (Å²) in [5, 5.41) is 0. The Balaban J connectivity index is 2.55. The van der Waals surface area contributed by atoms with Crippen molar-refractivity contribution in [2.24, 2.45) is 17.3 Å². The zero-order valence-electron chi connectivity index (χ0n) is 7.78. The van der Waals surface area contributed by atoms with Crippen LogP contribution in [0.15, 0.2) is 0 Å². The van der Waals surface area contributed by atoms with Crippen LogP contribution in [0, 0.1) is 17.3 Å². The molecule has 0 radical (unpaired) electrons. The third kappa shape index (κ3) is 1.53. The molecule has 0 N–H and O–H groups in total. The summed E-state index contributed by atoms with van der Waals surface area (Å²) in [5.41, 5.74) is 0.609. The van der Waals surface area contributed by atoms with Gasteiger partial charge in [-0.2, -0.15) is 0 Å². The Morgan fingerprint density at radius 1 is 1.10 bits per heavy atom. The largest absolute Gasteiger partial charge is 0.0625 e. The van der Waals surface area contributed by atoms with Crippen LogP contribution in [0.1, 0.15) is 47.0 Å². The van der Waals surface area contributed by atoms with E-state index in [0.29, 0.717) is 5.41 Å². The first-order chi connectivity index (χ1) is 4.52. The van der Waals surface area contributed by atoms with E-state index in [0.717, 1.165) is 11.8 Å². The molecule has 1 unspecified atom stereocenters. The molecule has 0 spiro atoms. The van der Waals surface area contributed by atoms with Crippen LogP contribution in [0.4, 0.5) is 0 Å². The summed E-state index contributed by atoms with van der Waals surface area (Å²) in [6.07, 6.45) is 4.31. The number of hydrogen-bond acceptors (Lipinski definition) is 0. The molecule has 0 aromatic carbocycles. The topological polar surface area (TPSA) is 0 Å². The van der Waals surface area contributed by atoms with Gasteiger partial charge in [0, 0.05) is 0 Å². The van der Waals surface area contributed by atoms with Gasteiger partial charge in [-0.05, 0) is 30.1 Å². The molecule has 1 fully saturated rings. The monoisotopic (exact) mass is 140 g/mol. The molecule has 0 heterocycles. The van der Waals surface area contributed by atoms with E-state index in [1.54, 1.807) is 0 Å². The molecule has 10 heavy (non-hydrogen) atoms. The van der Waals surface area contributed by atoms with Gasteiger partial charge < -0.3 is 0 Å². The highest BCUT2D eigenvalue weighted by molar-refractivity contribution is 4.82. The van der Waals surface area contributed by atoms with Crippen molar-refractivity contribution in [1.82, 2.24) is 0 Å². The Morgan fingerprint density at radius 2 is 1.70 bits per heavy atom. The molecular weight excluding hydrogens is 120 g/mol. The summed E-state index contributed by atoms with van der Waals surface area (Å²) < 4.78 is 0. The summed E-state index contributed by atoms with van der Waals surface area (Å²) in [4.78, 5) is 0. The summed E-state index contributed by atoms with van der Waals surface area (Å²) in [5.74, 6) is 1.90. The third-order valence-corrected chi connectivity index (χ3v) is 3.30. The Labute approximate surface area is 65.0 Å². The minimum absolute atomic E-state index is 0.609. The molecule has 0 aromatic heterocycles. The van der Waals surface area contributed by atoms with Gasteiger partial charge in [-0.3, -0.25) is 0 Å². The van der Waals surface area contributed by atoms with E-state index in [9.17, 15) is 0 Å². The molecule has 0 nitrogen and oxygen atoms in total.